The Hall–Kier alpha value is -3.40. The number of esters is 1. The minimum absolute atomic E-state index is 0.0722. The topological polar surface area (TPSA) is 129 Å². The van der Waals surface area contributed by atoms with Gasteiger partial charge in [-0.2, -0.15) is 9.97 Å². The maximum atomic E-state index is 12.5. The Bertz CT molecular complexity index is 930. The molecule has 0 radical (unpaired) electrons. The molecule has 10 nitrogen and oxygen atoms in total. The van der Waals surface area contributed by atoms with E-state index in [4.69, 9.17) is 25.8 Å². The molecule has 0 bridgehead atoms. The number of hydrogen-bond donors (Lipinski definition) is 2. The molecule has 0 saturated heterocycles. The molecule has 2 aromatic rings. The number of methoxy groups -OCH3 is 2. The number of aromatic nitrogens is 2. The highest BCUT2D eigenvalue weighted by Gasteiger charge is 2.25. The van der Waals surface area contributed by atoms with E-state index in [1.54, 1.807) is 24.3 Å². The van der Waals surface area contributed by atoms with E-state index in [-0.39, 0.29) is 23.6 Å². The van der Waals surface area contributed by atoms with Crippen LogP contribution in [0.1, 0.15) is 30.6 Å². The van der Waals surface area contributed by atoms with E-state index in [1.807, 2.05) is 13.8 Å². The van der Waals surface area contributed by atoms with Crippen molar-refractivity contribution in [1.82, 2.24) is 15.3 Å². The van der Waals surface area contributed by atoms with E-state index in [2.05, 4.69) is 20.6 Å². The zero-order chi connectivity index (χ0) is 23.7. The van der Waals surface area contributed by atoms with Crippen LogP contribution in [-0.4, -0.2) is 54.6 Å². The van der Waals surface area contributed by atoms with Crippen molar-refractivity contribution in [2.45, 2.75) is 26.3 Å². The molecule has 0 aliphatic carbocycles. The average molecular weight is 465 g/mol. The molecule has 0 aliphatic heterocycles. The van der Waals surface area contributed by atoms with Gasteiger partial charge in [0.2, 0.25) is 17.7 Å². The second-order valence-corrected chi connectivity index (χ2v) is 7.53. The Balaban J connectivity index is 1.98. The van der Waals surface area contributed by atoms with Crippen LogP contribution in [0.5, 0.6) is 11.8 Å². The number of carbonyl (C=O) groups is 3. The minimum Gasteiger partial charge on any atom is -0.481 e. The van der Waals surface area contributed by atoms with E-state index in [0.717, 1.165) is 0 Å². The number of nitrogens with one attached hydrogen (secondary N) is 2. The first-order valence-electron chi connectivity index (χ1n) is 9.71. The van der Waals surface area contributed by atoms with Crippen molar-refractivity contribution < 1.29 is 28.6 Å². The Labute approximate surface area is 190 Å². The summed E-state index contributed by atoms with van der Waals surface area (Å²) in [5.41, 5.74) is 0.345. The van der Waals surface area contributed by atoms with E-state index in [9.17, 15) is 14.4 Å². The van der Waals surface area contributed by atoms with Crippen LogP contribution in [0.4, 0.5) is 5.95 Å². The highest BCUT2D eigenvalue weighted by molar-refractivity contribution is 6.30. The molecule has 0 saturated carbocycles. The molecule has 2 rings (SSSR count). The van der Waals surface area contributed by atoms with Crippen LogP contribution in [0.3, 0.4) is 0 Å². The van der Waals surface area contributed by atoms with Gasteiger partial charge in [-0.1, -0.05) is 25.4 Å². The van der Waals surface area contributed by atoms with Gasteiger partial charge >= 0.3 is 5.97 Å². The molecule has 0 aliphatic rings. The molecular weight excluding hydrogens is 440 g/mol. The third-order valence-corrected chi connectivity index (χ3v) is 4.35. The van der Waals surface area contributed by atoms with Crippen molar-refractivity contribution in [2.24, 2.45) is 5.92 Å². The Morgan fingerprint density at radius 3 is 2.16 bits per heavy atom. The summed E-state index contributed by atoms with van der Waals surface area (Å²) in [5.74, 6) is -1.47. The van der Waals surface area contributed by atoms with Crippen molar-refractivity contribution in [2.75, 3.05) is 26.1 Å². The lowest BCUT2D eigenvalue weighted by molar-refractivity contribution is -0.149. The Morgan fingerprint density at radius 2 is 1.62 bits per heavy atom. The van der Waals surface area contributed by atoms with E-state index in [0.29, 0.717) is 17.0 Å². The molecule has 172 valence electrons. The number of anilines is 1. The third-order valence-electron chi connectivity index (χ3n) is 4.10. The highest BCUT2D eigenvalue weighted by atomic mass is 35.5. The molecule has 32 heavy (non-hydrogen) atoms. The van der Waals surface area contributed by atoms with Crippen LogP contribution < -0.4 is 20.1 Å². The Kier molecular flexibility index (Phi) is 9.21. The molecular formula is C21H25ClN4O6. The molecule has 11 heteroatoms. The quantitative estimate of drug-likeness (QED) is 0.513. The first kappa shape index (κ1) is 24.9. The standard InChI is InChI=1S/C21H25ClN4O6/c1-12(2)9-15(23-19(28)13-5-7-14(22)8-6-13)20(29)32-11-16(27)24-21-25-17(30-3)10-18(26-21)31-4/h5-8,10,12,15H,9,11H2,1-4H3,(H,23,28)(H,24,25,26,27). The first-order chi connectivity index (χ1) is 15.2. The maximum absolute atomic E-state index is 12.5. The Morgan fingerprint density at radius 1 is 1.03 bits per heavy atom. The highest BCUT2D eigenvalue weighted by Crippen LogP contribution is 2.17. The molecule has 2 amide bonds. The second-order valence-electron chi connectivity index (χ2n) is 7.09. The maximum Gasteiger partial charge on any atom is 0.329 e. The summed E-state index contributed by atoms with van der Waals surface area (Å²) < 4.78 is 15.1. The second kappa shape index (κ2) is 11.8. The van der Waals surface area contributed by atoms with Crippen LogP contribution in [0, 0.1) is 5.92 Å². The number of nitrogens with zero attached hydrogens (tertiary/aromatic N) is 2. The van der Waals surface area contributed by atoms with E-state index < -0.39 is 30.4 Å². The molecule has 1 aromatic heterocycles. The third kappa shape index (κ3) is 7.69. The van der Waals surface area contributed by atoms with Crippen LogP contribution in [0.25, 0.3) is 0 Å². The fourth-order valence-corrected chi connectivity index (χ4v) is 2.72. The van der Waals surface area contributed by atoms with Gasteiger partial charge in [0.25, 0.3) is 11.8 Å². The molecule has 1 unspecified atom stereocenters. The van der Waals surface area contributed by atoms with Gasteiger partial charge in [0.15, 0.2) is 6.61 Å². The lowest BCUT2D eigenvalue weighted by Gasteiger charge is -2.19. The summed E-state index contributed by atoms with van der Waals surface area (Å²) >= 11 is 5.84. The van der Waals surface area contributed by atoms with Crippen LogP contribution >= 0.6 is 11.6 Å². The normalized spacial score (nSPS) is 11.4. The predicted octanol–water partition coefficient (Wildman–Crippen LogP) is 2.47. The number of benzene rings is 1. The van der Waals surface area contributed by atoms with Gasteiger partial charge in [0, 0.05) is 10.6 Å². The lowest BCUT2D eigenvalue weighted by Crippen LogP contribution is -2.43. The van der Waals surface area contributed by atoms with Crippen molar-refractivity contribution in [3.8, 4) is 11.8 Å². The first-order valence-corrected chi connectivity index (χ1v) is 10.1. The summed E-state index contributed by atoms with van der Waals surface area (Å²) in [4.78, 5) is 45.1. The van der Waals surface area contributed by atoms with Gasteiger partial charge in [-0.3, -0.25) is 14.9 Å². The fraction of sp³-hybridized carbons (Fsp3) is 0.381. The van der Waals surface area contributed by atoms with Gasteiger partial charge in [0.05, 0.1) is 20.3 Å². The SMILES string of the molecule is COc1cc(OC)nc(NC(=O)COC(=O)C(CC(C)C)NC(=O)c2ccc(Cl)cc2)n1. The predicted molar refractivity (Wildman–Crippen MR) is 117 cm³/mol. The van der Waals surface area contributed by atoms with E-state index in [1.165, 1.54) is 20.3 Å². The van der Waals surface area contributed by atoms with Gasteiger partial charge in [-0.05, 0) is 36.6 Å². The lowest BCUT2D eigenvalue weighted by atomic mass is 10.0. The molecule has 0 fully saturated rings. The fourth-order valence-electron chi connectivity index (χ4n) is 2.60. The molecule has 2 N–H and O–H groups in total. The van der Waals surface area contributed by atoms with Crippen molar-refractivity contribution in [3.63, 3.8) is 0 Å². The van der Waals surface area contributed by atoms with Gasteiger partial charge < -0.3 is 19.5 Å². The number of halogens is 1. The summed E-state index contributed by atoms with van der Waals surface area (Å²) in [5, 5.41) is 5.53. The van der Waals surface area contributed by atoms with Crippen molar-refractivity contribution in [1.29, 1.82) is 0 Å². The van der Waals surface area contributed by atoms with Gasteiger partial charge in [-0.15, -0.1) is 0 Å². The number of rotatable bonds is 10. The van der Waals surface area contributed by atoms with Gasteiger partial charge in [0.1, 0.15) is 6.04 Å². The van der Waals surface area contributed by atoms with Crippen LogP contribution in [0.2, 0.25) is 5.02 Å². The molecule has 0 spiro atoms. The molecule has 1 atom stereocenters. The average Bonchev–Trinajstić information content (AvgIpc) is 2.76. The smallest absolute Gasteiger partial charge is 0.329 e. The van der Waals surface area contributed by atoms with Crippen molar-refractivity contribution in [3.05, 3.63) is 40.9 Å². The zero-order valence-corrected chi connectivity index (χ0v) is 18.9. The summed E-state index contributed by atoms with van der Waals surface area (Å²) in [7, 11) is 2.81. The van der Waals surface area contributed by atoms with Crippen molar-refractivity contribution >= 4 is 35.3 Å². The van der Waals surface area contributed by atoms with Gasteiger partial charge in [-0.25, -0.2) is 4.79 Å². The van der Waals surface area contributed by atoms with Crippen LogP contribution in [-0.2, 0) is 14.3 Å². The molecule has 1 heterocycles. The van der Waals surface area contributed by atoms with E-state index >= 15 is 0 Å². The number of carbonyl (C=O) groups excluding carboxylic acids is 3. The monoisotopic (exact) mass is 464 g/mol. The summed E-state index contributed by atoms with van der Waals surface area (Å²) in [6, 6.07) is 6.75. The number of amides is 2. The zero-order valence-electron chi connectivity index (χ0n) is 18.2. The minimum atomic E-state index is -0.931. The molecule has 1 aromatic carbocycles. The summed E-state index contributed by atoms with van der Waals surface area (Å²) in [6.07, 6.45) is 0.329. The van der Waals surface area contributed by atoms with Crippen LogP contribution in [0.15, 0.2) is 30.3 Å². The summed E-state index contributed by atoms with van der Waals surface area (Å²) in [6.45, 7) is 3.21. The largest absolute Gasteiger partial charge is 0.481 e. The number of ether oxygens (including phenoxy) is 3. The number of hydrogen-bond acceptors (Lipinski definition) is 8.